The van der Waals surface area contributed by atoms with Gasteiger partial charge in [-0.2, -0.15) is 0 Å². The maximum atomic E-state index is 12.1. The van der Waals surface area contributed by atoms with Crippen LogP contribution >= 0.6 is 0 Å². The van der Waals surface area contributed by atoms with E-state index in [0.29, 0.717) is 13.2 Å². The zero-order valence-electron chi connectivity index (χ0n) is 11.2. The number of rotatable bonds is 8. The number of hydrogen-bond acceptors (Lipinski definition) is 4. The molecular formula is C12H25N3O2. The first-order chi connectivity index (χ1) is 8.15. The van der Waals surface area contributed by atoms with Gasteiger partial charge >= 0.3 is 0 Å². The van der Waals surface area contributed by atoms with Gasteiger partial charge in [-0.15, -0.1) is 0 Å². The van der Waals surface area contributed by atoms with E-state index in [-0.39, 0.29) is 11.8 Å². The number of ether oxygens (including phenoxy) is 1. The van der Waals surface area contributed by atoms with Crippen molar-refractivity contribution in [2.75, 3.05) is 60.5 Å². The van der Waals surface area contributed by atoms with Gasteiger partial charge in [0.25, 0.3) is 0 Å². The fraction of sp³-hybridized carbons (Fsp3) is 0.917. The monoisotopic (exact) mass is 243 g/mol. The van der Waals surface area contributed by atoms with Gasteiger partial charge in [0.05, 0.1) is 12.5 Å². The predicted octanol–water partition coefficient (Wildman–Crippen LogP) is -0.367. The second kappa shape index (κ2) is 7.63. The molecule has 100 valence electrons. The Balaban J connectivity index is 2.33. The Hall–Kier alpha value is -0.650. The molecular weight excluding hydrogens is 218 g/mol. The van der Waals surface area contributed by atoms with Gasteiger partial charge in [0, 0.05) is 33.3 Å². The van der Waals surface area contributed by atoms with Crippen LogP contribution in [0.15, 0.2) is 0 Å². The van der Waals surface area contributed by atoms with E-state index in [1.807, 2.05) is 4.90 Å². The molecule has 17 heavy (non-hydrogen) atoms. The van der Waals surface area contributed by atoms with Crippen LogP contribution in [0.4, 0.5) is 0 Å². The van der Waals surface area contributed by atoms with E-state index in [1.54, 1.807) is 7.11 Å². The van der Waals surface area contributed by atoms with Crippen molar-refractivity contribution < 1.29 is 9.53 Å². The average molecular weight is 243 g/mol. The van der Waals surface area contributed by atoms with Gasteiger partial charge < -0.3 is 19.9 Å². The van der Waals surface area contributed by atoms with E-state index in [2.05, 4.69) is 24.3 Å². The summed E-state index contributed by atoms with van der Waals surface area (Å²) in [5.41, 5.74) is 0. The van der Waals surface area contributed by atoms with Crippen LogP contribution in [-0.4, -0.2) is 76.2 Å². The zero-order chi connectivity index (χ0) is 12.7. The molecule has 5 nitrogen and oxygen atoms in total. The first-order valence-electron chi connectivity index (χ1n) is 6.28. The van der Waals surface area contributed by atoms with Crippen LogP contribution in [-0.2, 0) is 9.53 Å². The highest BCUT2D eigenvalue weighted by Gasteiger charge is 2.28. The van der Waals surface area contributed by atoms with E-state index in [1.165, 1.54) is 0 Å². The molecule has 0 aliphatic carbocycles. The van der Waals surface area contributed by atoms with Crippen molar-refractivity contribution >= 4 is 5.91 Å². The highest BCUT2D eigenvalue weighted by molar-refractivity contribution is 5.80. The van der Waals surface area contributed by atoms with Crippen LogP contribution < -0.4 is 5.32 Å². The molecule has 1 fully saturated rings. The van der Waals surface area contributed by atoms with Crippen LogP contribution in [0.3, 0.4) is 0 Å². The summed E-state index contributed by atoms with van der Waals surface area (Å²) < 4.78 is 5.06. The largest absolute Gasteiger partial charge is 0.383 e. The highest BCUT2D eigenvalue weighted by Crippen LogP contribution is 2.08. The van der Waals surface area contributed by atoms with Crippen LogP contribution in [0.1, 0.15) is 6.42 Å². The zero-order valence-corrected chi connectivity index (χ0v) is 11.2. The molecule has 1 amide bonds. The van der Waals surface area contributed by atoms with E-state index < -0.39 is 0 Å². The maximum absolute atomic E-state index is 12.1. The third kappa shape index (κ3) is 5.02. The smallest absolute Gasteiger partial charge is 0.228 e. The molecule has 0 bridgehead atoms. The predicted molar refractivity (Wildman–Crippen MR) is 68.0 cm³/mol. The van der Waals surface area contributed by atoms with Crippen molar-refractivity contribution in [3.8, 4) is 0 Å². The van der Waals surface area contributed by atoms with Crippen molar-refractivity contribution in [1.82, 2.24) is 15.1 Å². The van der Waals surface area contributed by atoms with E-state index in [0.717, 1.165) is 32.6 Å². The van der Waals surface area contributed by atoms with Crippen LogP contribution in [0.2, 0.25) is 0 Å². The molecule has 1 saturated heterocycles. The lowest BCUT2D eigenvalue weighted by molar-refractivity contribution is -0.137. The van der Waals surface area contributed by atoms with Gasteiger partial charge in [-0.3, -0.25) is 4.79 Å². The molecule has 0 saturated carbocycles. The lowest BCUT2D eigenvalue weighted by Gasteiger charge is -2.32. The molecule has 5 heteroatoms. The van der Waals surface area contributed by atoms with E-state index in [4.69, 9.17) is 4.74 Å². The van der Waals surface area contributed by atoms with Crippen molar-refractivity contribution in [2.45, 2.75) is 6.42 Å². The average Bonchev–Trinajstić information content (AvgIpc) is 2.19. The minimum Gasteiger partial charge on any atom is -0.383 e. The topological polar surface area (TPSA) is 44.8 Å². The van der Waals surface area contributed by atoms with Crippen LogP contribution in [0, 0.1) is 5.92 Å². The fourth-order valence-corrected chi connectivity index (χ4v) is 1.83. The number of hydrogen-bond donors (Lipinski definition) is 1. The molecule has 1 aliphatic heterocycles. The summed E-state index contributed by atoms with van der Waals surface area (Å²) in [5.74, 6) is 0.464. The Kier molecular flexibility index (Phi) is 6.47. The first kappa shape index (κ1) is 14.4. The molecule has 0 aromatic carbocycles. The van der Waals surface area contributed by atoms with Gasteiger partial charge in [-0.05, 0) is 27.1 Å². The highest BCUT2D eigenvalue weighted by atomic mass is 16.5. The van der Waals surface area contributed by atoms with E-state index >= 15 is 0 Å². The standard InChI is InChI=1S/C12H25N3O2/c1-14(2)5-4-6-15(7-8-17-3)12(16)11-9-13-10-11/h11,13H,4-10H2,1-3H3. The summed E-state index contributed by atoms with van der Waals surface area (Å²) in [6, 6.07) is 0. The van der Waals surface area contributed by atoms with Gasteiger partial charge in [0.2, 0.25) is 5.91 Å². The molecule has 0 unspecified atom stereocenters. The third-order valence-corrected chi connectivity index (χ3v) is 3.04. The molecule has 0 aromatic heterocycles. The molecule has 0 radical (unpaired) electrons. The van der Waals surface area contributed by atoms with Crippen LogP contribution in [0.25, 0.3) is 0 Å². The number of amides is 1. The normalized spacial score (nSPS) is 16.0. The summed E-state index contributed by atoms with van der Waals surface area (Å²) in [6.45, 7) is 4.83. The Morgan fingerprint density at radius 2 is 2.00 bits per heavy atom. The minimum atomic E-state index is 0.186. The Labute approximate surface area is 104 Å². The first-order valence-corrected chi connectivity index (χ1v) is 6.28. The van der Waals surface area contributed by atoms with Gasteiger partial charge in [0.15, 0.2) is 0 Å². The quantitative estimate of drug-likeness (QED) is 0.632. The number of carbonyl (C=O) groups excluding carboxylic acids is 1. The molecule has 1 heterocycles. The van der Waals surface area contributed by atoms with Crippen LogP contribution in [0.5, 0.6) is 0 Å². The molecule has 0 atom stereocenters. The molecule has 0 aromatic rings. The fourth-order valence-electron chi connectivity index (χ4n) is 1.83. The van der Waals surface area contributed by atoms with Crippen molar-refractivity contribution in [3.63, 3.8) is 0 Å². The number of methoxy groups -OCH3 is 1. The minimum absolute atomic E-state index is 0.186. The number of carbonyl (C=O) groups is 1. The van der Waals surface area contributed by atoms with Gasteiger partial charge in [-0.25, -0.2) is 0 Å². The Morgan fingerprint density at radius 3 is 2.47 bits per heavy atom. The van der Waals surface area contributed by atoms with Gasteiger partial charge in [-0.1, -0.05) is 0 Å². The van der Waals surface area contributed by atoms with Gasteiger partial charge in [0.1, 0.15) is 0 Å². The second-order valence-electron chi connectivity index (χ2n) is 4.83. The summed E-state index contributed by atoms with van der Waals surface area (Å²) in [7, 11) is 5.78. The molecule has 1 aliphatic rings. The lowest BCUT2D eigenvalue weighted by Crippen LogP contribution is -2.52. The summed E-state index contributed by atoms with van der Waals surface area (Å²) in [5, 5.41) is 3.14. The van der Waals surface area contributed by atoms with Crippen molar-refractivity contribution in [3.05, 3.63) is 0 Å². The van der Waals surface area contributed by atoms with E-state index in [9.17, 15) is 4.79 Å². The maximum Gasteiger partial charge on any atom is 0.228 e. The molecule has 0 spiro atoms. The molecule has 1 rings (SSSR count). The second-order valence-corrected chi connectivity index (χ2v) is 4.83. The number of nitrogens with one attached hydrogen (secondary N) is 1. The number of nitrogens with zero attached hydrogens (tertiary/aromatic N) is 2. The Morgan fingerprint density at radius 1 is 1.29 bits per heavy atom. The Bertz CT molecular complexity index is 230. The lowest BCUT2D eigenvalue weighted by atomic mass is 10.0. The summed E-state index contributed by atoms with van der Waals surface area (Å²) in [4.78, 5) is 16.2. The summed E-state index contributed by atoms with van der Waals surface area (Å²) >= 11 is 0. The van der Waals surface area contributed by atoms with Crippen molar-refractivity contribution in [1.29, 1.82) is 0 Å². The SMILES string of the molecule is COCCN(CCCN(C)C)C(=O)C1CNC1. The summed E-state index contributed by atoms with van der Waals surface area (Å²) in [6.07, 6.45) is 1.02. The molecule has 1 N–H and O–H groups in total. The van der Waals surface area contributed by atoms with Crippen molar-refractivity contribution in [2.24, 2.45) is 5.92 Å². The third-order valence-electron chi connectivity index (χ3n) is 3.04.